The summed E-state index contributed by atoms with van der Waals surface area (Å²) < 4.78 is 65.5. The maximum absolute atomic E-state index is 12.9. The Kier molecular flexibility index (Phi) is 4.87. The minimum Gasteiger partial charge on any atom is -0.360 e. The SMILES string of the molecule is CCc1ccccc1NC(=O)C1Nc2cc(C(F)(F)F)ccc2S(=O)(=O)N1. The van der Waals surface area contributed by atoms with Gasteiger partial charge in [0, 0.05) is 5.69 Å². The lowest BCUT2D eigenvalue weighted by molar-refractivity contribution is -0.137. The average Bonchev–Trinajstić information content (AvgIpc) is 2.60. The van der Waals surface area contributed by atoms with Crippen molar-refractivity contribution in [2.45, 2.75) is 30.6 Å². The molecule has 3 rings (SSSR count). The summed E-state index contributed by atoms with van der Waals surface area (Å²) in [5, 5.41) is 5.11. The van der Waals surface area contributed by atoms with Crippen molar-refractivity contribution in [3.8, 4) is 0 Å². The number of carbonyl (C=O) groups is 1. The van der Waals surface area contributed by atoms with E-state index in [1.807, 2.05) is 6.92 Å². The lowest BCUT2D eigenvalue weighted by atomic mass is 10.1. The third kappa shape index (κ3) is 3.91. The zero-order valence-electron chi connectivity index (χ0n) is 14.1. The molecule has 27 heavy (non-hydrogen) atoms. The van der Waals surface area contributed by atoms with E-state index < -0.39 is 33.8 Å². The first kappa shape index (κ1) is 19.2. The van der Waals surface area contributed by atoms with Crippen molar-refractivity contribution in [3.63, 3.8) is 0 Å². The van der Waals surface area contributed by atoms with Gasteiger partial charge in [0.15, 0.2) is 6.17 Å². The van der Waals surface area contributed by atoms with Crippen molar-refractivity contribution in [2.24, 2.45) is 0 Å². The zero-order chi connectivity index (χ0) is 19.8. The van der Waals surface area contributed by atoms with E-state index >= 15 is 0 Å². The standard InChI is InChI=1S/C17H16F3N3O3S/c1-2-10-5-3-4-6-12(10)22-16(24)15-21-13-9-11(17(18,19)20)7-8-14(13)27(25,26)23-15/h3-9,15,21,23H,2H2,1H3,(H,22,24). The molecule has 6 nitrogen and oxygen atoms in total. The fourth-order valence-electron chi connectivity index (χ4n) is 2.73. The van der Waals surface area contributed by atoms with E-state index in [0.717, 1.165) is 11.6 Å². The van der Waals surface area contributed by atoms with Crippen LogP contribution in [0.2, 0.25) is 0 Å². The van der Waals surface area contributed by atoms with Crippen LogP contribution >= 0.6 is 0 Å². The van der Waals surface area contributed by atoms with Gasteiger partial charge in [0.05, 0.1) is 11.3 Å². The molecule has 0 radical (unpaired) electrons. The van der Waals surface area contributed by atoms with Gasteiger partial charge in [-0.1, -0.05) is 25.1 Å². The number of halogens is 3. The summed E-state index contributed by atoms with van der Waals surface area (Å²) in [6, 6.07) is 9.17. The molecular weight excluding hydrogens is 383 g/mol. The number of fused-ring (bicyclic) bond motifs is 1. The number of anilines is 2. The largest absolute Gasteiger partial charge is 0.416 e. The molecule has 1 heterocycles. The second-order valence-corrected chi connectivity index (χ2v) is 7.59. The van der Waals surface area contributed by atoms with Crippen LogP contribution in [0.25, 0.3) is 0 Å². The van der Waals surface area contributed by atoms with Crippen molar-refractivity contribution in [3.05, 3.63) is 53.6 Å². The molecule has 0 saturated heterocycles. The smallest absolute Gasteiger partial charge is 0.360 e. The number of rotatable bonds is 3. The summed E-state index contributed by atoms with van der Waals surface area (Å²) in [5.41, 5.74) is 0.0407. The van der Waals surface area contributed by atoms with E-state index in [4.69, 9.17) is 0 Å². The van der Waals surface area contributed by atoms with Gasteiger partial charge in [-0.2, -0.15) is 17.9 Å². The first-order valence-corrected chi connectivity index (χ1v) is 9.49. The number of benzene rings is 2. The average molecular weight is 399 g/mol. The Hall–Kier alpha value is -2.59. The van der Waals surface area contributed by atoms with E-state index in [9.17, 15) is 26.4 Å². The molecule has 144 valence electrons. The lowest BCUT2D eigenvalue weighted by Crippen LogP contribution is -2.51. The highest BCUT2D eigenvalue weighted by molar-refractivity contribution is 7.89. The molecule has 0 spiro atoms. The summed E-state index contributed by atoms with van der Waals surface area (Å²) in [4.78, 5) is 12.1. The molecule has 0 saturated carbocycles. The summed E-state index contributed by atoms with van der Waals surface area (Å²) in [5.74, 6) is -0.734. The summed E-state index contributed by atoms with van der Waals surface area (Å²) in [6.45, 7) is 1.89. The van der Waals surface area contributed by atoms with E-state index in [0.29, 0.717) is 24.2 Å². The number of alkyl halides is 3. The number of para-hydroxylation sites is 1. The maximum atomic E-state index is 12.9. The van der Waals surface area contributed by atoms with Crippen LogP contribution in [-0.2, 0) is 27.4 Å². The molecule has 10 heteroatoms. The second-order valence-electron chi connectivity index (χ2n) is 5.91. The van der Waals surface area contributed by atoms with E-state index in [-0.39, 0.29) is 10.6 Å². The monoisotopic (exact) mass is 399 g/mol. The first-order valence-electron chi connectivity index (χ1n) is 8.00. The molecule has 0 aliphatic carbocycles. The minimum atomic E-state index is -4.64. The predicted octanol–water partition coefficient (Wildman–Crippen LogP) is 2.94. The normalized spacial score (nSPS) is 18.3. The molecule has 1 amide bonds. The number of carbonyl (C=O) groups excluding carboxylic acids is 1. The van der Waals surface area contributed by atoms with Crippen LogP contribution in [0.5, 0.6) is 0 Å². The molecule has 0 fully saturated rings. The van der Waals surface area contributed by atoms with Crippen LogP contribution in [0.15, 0.2) is 47.4 Å². The molecule has 1 aliphatic heterocycles. The first-order chi connectivity index (χ1) is 12.6. The molecule has 0 aromatic heterocycles. The van der Waals surface area contributed by atoms with Crippen LogP contribution in [0.1, 0.15) is 18.1 Å². The van der Waals surface area contributed by atoms with Crippen molar-refractivity contribution in [1.82, 2.24) is 4.72 Å². The fraction of sp³-hybridized carbons (Fsp3) is 0.235. The lowest BCUT2D eigenvalue weighted by Gasteiger charge is -2.28. The molecule has 2 aromatic carbocycles. The third-order valence-electron chi connectivity index (χ3n) is 4.09. The third-order valence-corrected chi connectivity index (χ3v) is 5.57. The quantitative estimate of drug-likeness (QED) is 0.741. The molecule has 0 bridgehead atoms. The van der Waals surface area contributed by atoms with Gasteiger partial charge < -0.3 is 10.6 Å². The Morgan fingerprint density at radius 3 is 2.56 bits per heavy atom. The number of amides is 1. The van der Waals surface area contributed by atoms with Crippen molar-refractivity contribution in [2.75, 3.05) is 10.6 Å². The molecule has 1 unspecified atom stereocenters. The second kappa shape index (κ2) is 6.86. The highest BCUT2D eigenvalue weighted by Gasteiger charge is 2.37. The van der Waals surface area contributed by atoms with Crippen molar-refractivity contribution < 1.29 is 26.4 Å². The number of nitrogens with one attached hydrogen (secondary N) is 3. The topological polar surface area (TPSA) is 87.3 Å². The number of aryl methyl sites for hydroxylation is 1. The molecule has 1 aliphatic rings. The van der Waals surface area contributed by atoms with Crippen LogP contribution in [-0.4, -0.2) is 20.5 Å². The maximum Gasteiger partial charge on any atom is 0.416 e. The van der Waals surface area contributed by atoms with Crippen LogP contribution < -0.4 is 15.4 Å². The highest BCUT2D eigenvalue weighted by atomic mass is 32.2. The van der Waals surface area contributed by atoms with Crippen molar-refractivity contribution in [1.29, 1.82) is 0 Å². The Labute approximate surface area is 153 Å². The van der Waals surface area contributed by atoms with Gasteiger partial charge >= 0.3 is 6.18 Å². The Bertz CT molecular complexity index is 990. The van der Waals surface area contributed by atoms with Gasteiger partial charge in [-0.05, 0) is 36.2 Å². The van der Waals surface area contributed by atoms with E-state index in [2.05, 4.69) is 15.4 Å². The summed E-state index contributed by atoms with van der Waals surface area (Å²) in [6.07, 6.45) is -5.45. The zero-order valence-corrected chi connectivity index (χ0v) is 14.9. The minimum absolute atomic E-state index is 0.285. The molecule has 1 atom stereocenters. The summed E-state index contributed by atoms with van der Waals surface area (Å²) in [7, 11) is -4.15. The number of hydrogen-bond donors (Lipinski definition) is 3. The Morgan fingerprint density at radius 1 is 1.19 bits per heavy atom. The van der Waals surface area contributed by atoms with Gasteiger partial charge in [-0.25, -0.2) is 8.42 Å². The van der Waals surface area contributed by atoms with Crippen LogP contribution in [0.3, 0.4) is 0 Å². The Balaban J connectivity index is 1.90. The Morgan fingerprint density at radius 2 is 1.89 bits per heavy atom. The van der Waals surface area contributed by atoms with Gasteiger partial charge in [-0.15, -0.1) is 0 Å². The van der Waals surface area contributed by atoms with Gasteiger partial charge in [0.1, 0.15) is 4.90 Å². The van der Waals surface area contributed by atoms with E-state index in [1.165, 1.54) is 0 Å². The number of hydrogen-bond acceptors (Lipinski definition) is 4. The summed E-state index contributed by atoms with van der Waals surface area (Å²) >= 11 is 0. The van der Waals surface area contributed by atoms with Crippen molar-refractivity contribution >= 4 is 27.3 Å². The van der Waals surface area contributed by atoms with Gasteiger partial charge in [0.25, 0.3) is 5.91 Å². The highest BCUT2D eigenvalue weighted by Crippen LogP contribution is 2.35. The van der Waals surface area contributed by atoms with E-state index in [1.54, 1.807) is 24.3 Å². The van der Waals surface area contributed by atoms with Crippen LogP contribution in [0, 0.1) is 0 Å². The van der Waals surface area contributed by atoms with Gasteiger partial charge in [0.2, 0.25) is 10.0 Å². The fourth-order valence-corrected chi connectivity index (χ4v) is 3.99. The van der Waals surface area contributed by atoms with Crippen LogP contribution in [0.4, 0.5) is 24.5 Å². The predicted molar refractivity (Wildman–Crippen MR) is 93.6 cm³/mol. The molecule has 3 N–H and O–H groups in total. The number of sulfonamides is 1. The molecular formula is C17H16F3N3O3S. The van der Waals surface area contributed by atoms with Gasteiger partial charge in [-0.3, -0.25) is 4.79 Å². The molecule has 2 aromatic rings.